The first-order valence-electron chi connectivity index (χ1n) is 22.6. The SMILES string of the molecule is CC(C)Cc1cc(-c2[c-]cc3ccccc3c2)nc[c]1[Ge]([CH3])([CH3])[CH3].Cc1cccc(C)c1-c1ccc2c(n1)oc1c(-c3nc4cc(C(C)C)ccc4n3Cc3ccccc3)[c-]ccc12.[Ir]. The third-order valence-corrected chi connectivity index (χ3v) is 16.6. The van der Waals surface area contributed by atoms with Crippen LogP contribution in [0.25, 0.3) is 77.8 Å². The van der Waals surface area contributed by atoms with Crippen LogP contribution in [0.3, 0.4) is 0 Å². The van der Waals surface area contributed by atoms with E-state index in [0.717, 1.165) is 67.7 Å². The molecule has 0 unspecified atom stereocenters. The summed E-state index contributed by atoms with van der Waals surface area (Å²) in [6.07, 6.45) is 3.27. The number of hydrogen-bond acceptors (Lipinski definition) is 4. The maximum absolute atomic E-state index is 6.55. The van der Waals surface area contributed by atoms with Gasteiger partial charge in [-0.05, 0) is 66.3 Å². The molecule has 329 valence electrons. The van der Waals surface area contributed by atoms with Crippen molar-refractivity contribution in [3.63, 3.8) is 0 Å². The number of furan rings is 1. The Labute approximate surface area is 400 Å². The van der Waals surface area contributed by atoms with E-state index in [-0.39, 0.29) is 20.1 Å². The van der Waals surface area contributed by atoms with Crippen molar-refractivity contribution in [2.45, 2.75) is 77.7 Å². The summed E-state index contributed by atoms with van der Waals surface area (Å²) in [7, 11) is 0. The van der Waals surface area contributed by atoms with Gasteiger partial charge in [-0.3, -0.25) is 4.98 Å². The molecule has 0 aliphatic carbocycles. The maximum atomic E-state index is 6.55. The molecule has 0 saturated carbocycles. The van der Waals surface area contributed by atoms with Crippen LogP contribution in [-0.2, 0) is 33.1 Å². The van der Waals surface area contributed by atoms with E-state index in [1.165, 1.54) is 43.0 Å². The maximum Gasteiger partial charge on any atom is 0.216 e. The quantitative estimate of drug-likeness (QED) is 0.107. The van der Waals surface area contributed by atoms with E-state index in [9.17, 15) is 0 Å². The van der Waals surface area contributed by atoms with Crippen LogP contribution in [0.1, 0.15) is 61.4 Å². The van der Waals surface area contributed by atoms with Gasteiger partial charge in [-0.25, -0.2) is 4.98 Å². The van der Waals surface area contributed by atoms with Crippen molar-refractivity contribution >= 4 is 61.5 Å². The van der Waals surface area contributed by atoms with Crippen LogP contribution >= 0.6 is 0 Å². The Hall–Kier alpha value is -5.66. The van der Waals surface area contributed by atoms with E-state index in [0.29, 0.717) is 24.1 Å². The summed E-state index contributed by atoms with van der Waals surface area (Å²) >= 11 is -1.91. The smallest absolute Gasteiger partial charge is 0.216 e. The molecule has 7 heteroatoms. The van der Waals surface area contributed by atoms with Gasteiger partial charge in [-0.15, -0.1) is 18.2 Å². The van der Waals surface area contributed by atoms with Crippen molar-refractivity contribution in [1.82, 2.24) is 19.5 Å². The second-order valence-electron chi connectivity index (χ2n) is 19.0. The fraction of sp³-hybridized carbons (Fsp3) is 0.224. The summed E-state index contributed by atoms with van der Waals surface area (Å²) in [5.41, 5.74) is 14.9. The second kappa shape index (κ2) is 19.1. The van der Waals surface area contributed by atoms with Gasteiger partial charge in [0.15, 0.2) is 0 Å². The van der Waals surface area contributed by atoms with Gasteiger partial charge in [0.2, 0.25) is 5.71 Å². The molecule has 65 heavy (non-hydrogen) atoms. The third-order valence-electron chi connectivity index (χ3n) is 12.3. The molecule has 0 N–H and O–H groups in total. The van der Waals surface area contributed by atoms with E-state index >= 15 is 0 Å². The Morgan fingerprint density at radius 3 is 2.17 bits per heavy atom. The molecule has 10 aromatic rings. The van der Waals surface area contributed by atoms with Gasteiger partial charge in [0.1, 0.15) is 0 Å². The topological polar surface area (TPSA) is 56.7 Å². The van der Waals surface area contributed by atoms with Crippen molar-refractivity contribution in [2.75, 3.05) is 0 Å². The zero-order chi connectivity index (χ0) is 44.7. The molecule has 0 fully saturated rings. The number of imidazole rings is 1. The van der Waals surface area contributed by atoms with Crippen LogP contribution < -0.4 is 4.40 Å². The molecule has 5 nitrogen and oxygen atoms in total. The number of hydrogen-bond donors (Lipinski definition) is 0. The van der Waals surface area contributed by atoms with Gasteiger partial charge in [0, 0.05) is 37.6 Å². The van der Waals surface area contributed by atoms with Gasteiger partial charge in [-0.1, -0.05) is 79.4 Å². The Balaban J connectivity index is 0.000000198. The van der Waals surface area contributed by atoms with Crippen LogP contribution in [0.15, 0.2) is 144 Å². The first-order valence-corrected chi connectivity index (χ1v) is 29.9. The predicted molar refractivity (Wildman–Crippen MR) is 271 cm³/mol. The summed E-state index contributed by atoms with van der Waals surface area (Å²) in [5.74, 6) is 9.27. The monoisotopic (exact) mass is 1090 g/mol. The second-order valence-corrected chi connectivity index (χ2v) is 29.5. The van der Waals surface area contributed by atoms with Crippen LogP contribution in [0.5, 0.6) is 0 Å². The first kappa shape index (κ1) is 45.9. The summed E-state index contributed by atoms with van der Waals surface area (Å²) in [4.78, 5) is 15.0. The van der Waals surface area contributed by atoms with Crippen molar-refractivity contribution in [3.8, 4) is 33.9 Å². The molecular weight excluding hydrogens is 1030 g/mol. The molecule has 1 radical (unpaired) electrons. The third kappa shape index (κ3) is 9.54. The van der Waals surface area contributed by atoms with Crippen molar-refractivity contribution in [2.24, 2.45) is 5.92 Å². The molecule has 0 saturated heterocycles. The molecule has 0 atom stereocenters. The van der Waals surface area contributed by atoms with Gasteiger partial charge in [0.25, 0.3) is 0 Å². The average molecular weight is 1090 g/mol. The Morgan fingerprint density at radius 1 is 0.708 bits per heavy atom. The fourth-order valence-electron chi connectivity index (χ4n) is 8.97. The zero-order valence-corrected chi connectivity index (χ0v) is 43.4. The number of pyridine rings is 2. The van der Waals surface area contributed by atoms with Gasteiger partial charge in [0.05, 0.1) is 28.1 Å². The zero-order valence-electron chi connectivity index (χ0n) is 38.9. The van der Waals surface area contributed by atoms with Crippen LogP contribution in [-0.4, -0.2) is 32.8 Å². The summed E-state index contributed by atoms with van der Waals surface area (Å²) < 4.78 is 10.4. The number of nitrogens with zero attached hydrogens (tertiary/aromatic N) is 4. The number of rotatable bonds is 9. The normalized spacial score (nSPS) is 11.7. The Bertz CT molecular complexity index is 3280. The molecule has 0 aliphatic rings. The summed E-state index contributed by atoms with van der Waals surface area (Å²) in [6, 6.07) is 53.6. The van der Waals surface area contributed by atoms with Crippen LogP contribution in [0.2, 0.25) is 17.3 Å². The molecule has 0 spiro atoms. The molecule has 4 heterocycles. The minimum atomic E-state index is -1.91. The standard InChI is InChI=1S/C36H30N3O.C22H26GeN.Ir/c1-22(2)26-16-19-32-31(20-26)37-35(39(32)21-25-12-6-5-7-13-25)29-15-9-14-27-28-17-18-30(38-36(28)40-34(27)29)33-23(3)10-8-11-24(33)4;1-16(2)12-20-14-22(24-15-21(20)23(3,4)5)19-11-10-17-8-6-7-9-18(17)13-19;/h5-14,16-20,22H,21H2,1-4H3;6-10,13-16H,12H2,1-5H3;/q2*-1;. The molecule has 6 aromatic carbocycles. The minimum Gasteiger partial charge on any atom is -0.486 e. The fourth-order valence-corrected chi connectivity index (χ4v) is 12.3. The molecule has 10 rings (SSSR count). The number of benzene rings is 6. The molecule has 4 aromatic heterocycles. The number of aryl methyl sites for hydroxylation is 2. The largest absolute Gasteiger partial charge is 0.486 e. The van der Waals surface area contributed by atoms with Gasteiger partial charge < -0.3 is 8.98 Å². The number of fused-ring (bicyclic) bond motifs is 5. The van der Waals surface area contributed by atoms with Crippen LogP contribution in [0.4, 0.5) is 0 Å². The Kier molecular flexibility index (Phi) is 13.5. The number of aromatic nitrogens is 4. The Morgan fingerprint density at radius 2 is 1.45 bits per heavy atom. The van der Waals surface area contributed by atoms with E-state index < -0.39 is 13.3 Å². The molecular formula is C58H56GeIrN4O-2. The van der Waals surface area contributed by atoms with Crippen molar-refractivity contribution in [3.05, 3.63) is 180 Å². The predicted octanol–water partition coefficient (Wildman–Crippen LogP) is 14.7. The van der Waals surface area contributed by atoms with E-state index in [1.807, 2.05) is 12.1 Å². The average Bonchev–Trinajstić information content (AvgIpc) is 3.83. The molecule has 0 bridgehead atoms. The minimum absolute atomic E-state index is 0. The van der Waals surface area contributed by atoms with E-state index in [1.54, 1.807) is 0 Å². The van der Waals surface area contributed by atoms with Gasteiger partial charge in [-0.2, -0.15) is 0 Å². The van der Waals surface area contributed by atoms with Crippen molar-refractivity contribution in [1.29, 1.82) is 0 Å². The molecule has 0 amide bonds. The molecule has 0 aliphatic heterocycles. The van der Waals surface area contributed by atoms with Crippen LogP contribution in [0, 0.1) is 31.9 Å². The first-order chi connectivity index (χ1) is 30.8. The van der Waals surface area contributed by atoms with E-state index in [4.69, 9.17) is 19.4 Å². The van der Waals surface area contributed by atoms with Crippen molar-refractivity contribution < 1.29 is 24.5 Å². The van der Waals surface area contributed by atoms with Gasteiger partial charge >= 0.3 is 148 Å². The van der Waals surface area contributed by atoms with E-state index in [2.05, 4.69) is 203 Å². The summed E-state index contributed by atoms with van der Waals surface area (Å²) in [6.45, 7) is 14.0. The summed E-state index contributed by atoms with van der Waals surface area (Å²) in [5, 5.41) is 4.49.